The Morgan fingerprint density at radius 3 is 2.39 bits per heavy atom. The van der Waals surface area contributed by atoms with Crippen molar-refractivity contribution in [2.75, 3.05) is 19.8 Å². The molecular weight excluding hydrogens is 721 g/mol. The molecule has 5 atom stereocenters. The van der Waals surface area contributed by atoms with Gasteiger partial charge in [-0.2, -0.15) is 0 Å². The minimum Gasteiger partial charge on any atom is -0.457 e. The van der Waals surface area contributed by atoms with Gasteiger partial charge in [0.2, 0.25) is 21.8 Å². The average molecular weight is 767 g/mol. The van der Waals surface area contributed by atoms with Crippen LogP contribution in [0.1, 0.15) is 69.7 Å². The predicted octanol–water partition coefficient (Wildman–Crippen LogP) is 3.35. The van der Waals surface area contributed by atoms with Crippen molar-refractivity contribution in [3.8, 4) is 11.5 Å². The summed E-state index contributed by atoms with van der Waals surface area (Å²) in [6, 6.07) is 12.9. The van der Waals surface area contributed by atoms with E-state index < -0.39 is 80.3 Å². The van der Waals surface area contributed by atoms with Crippen LogP contribution in [0, 0.1) is 5.92 Å². The van der Waals surface area contributed by atoms with Gasteiger partial charge in [0.1, 0.15) is 40.8 Å². The van der Waals surface area contributed by atoms with Gasteiger partial charge >= 0.3 is 12.1 Å². The first-order chi connectivity index (χ1) is 25.6. The van der Waals surface area contributed by atoms with Crippen LogP contribution in [0.15, 0.2) is 66.7 Å². The van der Waals surface area contributed by atoms with Crippen LogP contribution in [0.2, 0.25) is 0 Å². The first-order valence-corrected chi connectivity index (χ1v) is 19.6. The summed E-state index contributed by atoms with van der Waals surface area (Å²) in [5.74, 6) is -2.39. The summed E-state index contributed by atoms with van der Waals surface area (Å²) in [7, 11) is -3.93. The number of nitrogens with one attached hydrogen (secondary N) is 3. The Labute approximate surface area is 314 Å². The van der Waals surface area contributed by atoms with Gasteiger partial charge in [-0.05, 0) is 89.3 Å². The largest absolute Gasteiger partial charge is 0.457 e. The lowest BCUT2D eigenvalue weighted by Gasteiger charge is -2.30. The Hall–Kier alpha value is -4.96. The molecule has 0 radical (unpaired) electrons. The number of hydrogen-bond acceptors (Lipinski definition) is 11. The molecule has 2 aromatic rings. The minimum atomic E-state index is -3.93. The highest BCUT2D eigenvalue weighted by molar-refractivity contribution is 7.91. The summed E-state index contributed by atoms with van der Waals surface area (Å²) in [5, 5.41) is 4.67. The fraction of sp³-hybridized carbons (Fsp3) is 0.500. The number of alkyl carbamates (subject to hydrolysis) is 1. The summed E-state index contributed by atoms with van der Waals surface area (Å²) in [4.78, 5) is 69.4. The third-order valence-electron chi connectivity index (χ3n) is 9.46. The van der Waals surface area contributed by atoms with Crippen LogP contribution in [-0.2, 0) is 38.6 Å². The smallest absolute Gasteiger partial charge is 0.408 e. The number of rotatable bonds is 8. The molecule has 290 valence electrons. The Kier molecular flexibility index (Phi) is 11.3. The second kappa shape index (κ2) is 15.8. The molecule has 54 heavy (non-hydrogen) atoms. The van der Waals surface area contributed by atoms with Gasteiger partial charge < -0.3 is 34.5 Å². The predicted molar refractivity (Wildman–Crippen MR) is 194 cm³/mol. The van der Waals surface area contributed by atoms with E-state index in [9.17, 15) is 32.4 Å². The van der Waals surface area contributed by atoms with E-state index in [-0.39, 0.29) is 38.2 Å². The van der Waals surface area contributed by atoms with Gasteiger partial charge in [0.05, 0.1) is 24.0 Å². The first kappa shape index (κ1) is 38.8. The number of carbonyl (C=O) groups excluding carboxylic acids is 5. The third-order valence-corrected chi connectivity index (χ3v) is 11.3. The average Bonchev–Trinajstić information content (AvgIpc) is 4.04. The van der Waals surface area contributed by atoms with Crippen LogP contribution < -0.4 is 20.1 Å². The molecule has 4 aliphatic rings. The second-order valence-electron chi connectivity index (χ2n) is 15.0. The number of allylic oxidation sites excluding steroid dienone is 1. The van der Waals surface area contributed by atoms with Crippen molar-refractivity contribution >= 4 is 39.8 Å². The summed E-state index contributed by atoms with van der Waals surface area (Å²) >= 11 is 0. The van der Waals surface area contributed by atoms with Gasteiger partial charge in [0.25, 0.3) is 5.91 Å². The topological polar surface area (TPSA) is 196 Å². The Bertz CT molecular complexity index is 1880. The molecule has 6 rings (SSSR count). The number of amides is 4. The summed E-state index contributed by atoms with van der Waals surface area (Å²) in [6.45, 7) is 4.80. The van der Waals surface area contributed by atoms with Gasteiger partial charge in [-0.3, -0.25) is 19.1 Å². The van der Waals surface area contributed by atoms with Crippen molar-refractivity contribution in [2.24, 2.45) is 5.92 Å². The van der Waals surface area contributed by atoms with Crippen LogP contribution in [0.3, 0.4) is 0 Å². The van der Waals surface area contributed by atoms with E-state index in [4.69, 9.17) is 18.9 Å². The molecule has 0 aromatic heterocycles. The number of nitrogens with zero attached hydrogens (tertiary/aromatic N) is 1. The highest BCUT2D eigenvalue weighted by Crippen LogP contribution is 2.46. The lowest BCUT2D eigenvalue weighted by molar-refractivity contribution is -0.142. The maximum atomic E-state index is 14.2. The van der Waals surface area contributed by atoms with Crippen LogP contribution in [0.4, 0.5) is 4.79 Å². The van der Waals surface area contributed by atoms with E-state index in [0.717, 1.165) is 0 Å². The zero-order chi connectivity index (χ0) is 38.7. The van der Waals surface area contributed by atoms with Crippen LogP contribution in [0.5, 0.6) is 11.5 Å². The third kappa shape index (κ3) is 9.58. The Morgan fingerprint density at radius 1 is 1.00 bits per heavy atom. The van der Waals surface area contributed by atoms with Crippen molar-refractivity contribution in [2.45, 2.75) is 93.9 Å². The molecule has 0 spiro atoms. The normalized spacial score (nSPS) is 26.8. The van der Waals surface area contributed by atoms with E-state index in [1.807, 2.05) is 24.3 Å². The van der Waals surface area contributed by atoms with Gasteiger partial charge in [0.15, 0.2) is 0 Å². The number of benzene rings is 2. The number of sulfonamides is 1. The Balaban J connectivity index is 1.23. The number of fused-ring (bicyclic) bond motifs is 2. The fourth-order valence-electron chi connectivity index (χ4n) is 6.43. The summed E-state index contributed by atoms with van der Waals surface area (Å²) in [6.07, 6.45) is 3.75. The van der Waals surface area contributed by atoms with Crippen LogP contribution in [0.25, 0.3) is 0 Å². The number of esters is 1. The zero-order valence-electron chi connectivity index (χ0n) is 30.4. The molecule has 2 aliphatic carbocycles. The fourth-order valence-corrected chi connectivity index (χ4v) is 7.80. The Morgan fingerprint density at radius 2 is 1.70 bits per heavy atom. The number of hydrogen-bond donors (Lipinski definition) is 3. The highest BCUT2D eigenvalue weighted by Gasteiger charge is 2.62. The number of para-hydroxylation sites is 1. The standard InChI is InChI=1S/C38H46N4O11S/c1-37(2,3)53-36(47)39-30-23-50-19-9-5-6-10-25-21-38(25,35(46)41-54(48,49)29-17-18-29)40-32(43)31-20-28(22-42(31)33(30)44)52-34(45)24-13-15-27(16-14-24)51-26-11-7-4-8-12-26/h4,6-8,10-16,25,28-31H,5,9,17-23H2,1-3H3,(H,39,47)(H,40,43)(H,41,46)/b10-6-. The van der Waals surface area contributed by atoms with E-state index in [1.165, 1.54) is 17.0 Å². The highest BCUT2D eigenvalue weighted by atomic mass is 32.2. The molecule has 2 heterocycles. The molecule has 0 bridgehead atoms. The quantitative estimate of drug-likeness (QED) is 0.263. The first-order valence-electron chi connectivity index (χ1n) is 18.1. The molecule has 4 amide bonds. The molecule has 3 fully saturated rings. The van der Waals surface area contributed by atoms with E-state index in [0.29, 0.717) is 37.2 Å². The minimum absolute atomic E-state index is 0.142. The van der Waals surface area contributed by atoms with E-state index in [1.54, 1.807) is 51.1 Å². The molecule has 2 aliphatic heterocycles. The monoisotopic (exact) mass is 766 g/mol. The molecule has 2 aromatic carbocycles. The van der Waals surface area contributed by atoms with Crippen LogP contribution in [-0.4, -0.2) is 97.4 Å². The van der Waals surface area contributed by atoms with Crippen molar-refractivity contribution in [3.05, 3.63) is 72.3 Å². The van der Waals surface area contributed by atoms with Crippen molar-refractivity contribution < 1.29 is 51.3 Å². The van der Waals surface area contributed by atoms with Gasteiger partial charge in [-0.15, -0.1) is 0 Å². The lowest BCUT2D eigenvalue weighted by Crippen LogP contribution is -2.59. The van der Waals surface area contributed by atoms with E-state index in [2.05, 4.69) is 15.4 Å². The summed E-state index contributed by atoms with van der Waals surface area (Å²) in [5.41, 5.74) is -2.24. The maximum absolute atomic E-state index is 14.2. The molecular formula is C38H46N4O11S. The van der Waals surface area contributed by atoms with Crippen molar-refractivity contribution in [1.82, 2.24) is 20.3 Å². The van der Waals surface area contributed by atoms with Gasteiger partial charge in [-0.1, -0.05) is 30.4 Å². The molecule has 5 unspecified atom stereocenters. The van der Waals surface area contributed by atoms with E-state index >= 15 is 0 Å². The SMILES string of the molecule is CC(C)(C)OC(=O)NC1COCCC/C=C\C2CC2(C(=O)NS(=O)(=O)C2CC2)NC(=O)C2CC(OC(=O)c3ccc(Oc4ccccc4)cc3)CN2C1=O. The molecule has 3 N–H and O–H groups in total. The lowest BCUT2D eigenvalue weighted by atomic mass is 10.1. The molecule has 1 saturated heterocycles. The number of ether oxygens (including phenoxy) is 4. The molecule has 15 nitrogen and oxygen atoms in total. The molecule has 2 saturated carbocycles. The number of carbonyl (C=O) groups is 5. The maximum Gasteiger partial charge on any atom is 0.408 e. The van der Waals surface area contributed by atoms with Crippen LogP contribution >= 0.6 is 0 Å². The zero-order valence-corrected chi connectivity index (χ0v) is 31.3. The van der Waals surface area contributed by atoms with Crippen molar-refractivity contribution in [3.63, 3.8) is 0 Å². The van der Waals surface area contributed by atoms with Gasteiger partial charge in [0, 0.05) is 18.9 Å². The van der Waals surface area contributed by atoms with Crippen molar-refractivity contribution in [1.29, 1.82) is 0 Å². The molecule has 16 heteroatoms. The second-order valence-corrected chi connectivity index (χ2v) is 17.0. The summed E-state index contributed by atoms with van der Waals surface area (Å²) < 4.78 is 50.5. The van der Waals surface area contributed by atoms with Gasteiger partial charge in [-0.25, -0.2) is 18.0 Å².